The van der Waals surface area contributed by atoms with Crippen molar-refractivity contribution in [3.05, 3.63) is 0 Å². The van der Waals surface area contributed by atoms with Crippen molar-refractivity contribution in [3.8, 4) is 0 Å². The summed E-state index contributed by atoms with van der Waals surface area (Å²) in [4.78, 5) is 0. The molecule has 3 heteroatoms. The van der Waals surface area contributed by atoms with E-state index in [1.165, 1.54) is 0 Å². The second-order valence-corrected chi connectivity index (χ2v) is 2.32. The molecule has 0 radical (unpaired) electrons. The first-order valence-corrected chi connectivity index (χ1v) is 3.78. The summed E-state index contributed by atoms with van der Waals surface area (Å²) in [6.07, 6.45) is 1.08. The summed E-state index contributed by atoms with van der Waals surface area (Å²) in [6, 6.07) is 0. The monoisotopic (exact) mass is 182 g/mol. The van der Waals surface area contributed by atoms with E-state index in [-0.39, 0.29) is 12.7 Å². The average Bonchev–Trinajstić information content (AvgIpc) is 1.83. The molecule has 0 fully saturated rings. The molecule has 0 spiro atoms. The molecule has 50 valence electrons. The van der Waals surface area contributed by atoms with Crippen molar-refractivity contribution in [1.82, 2.24) is 0 Å². The maximum Gasteiger partial charge on any atom is 0.0637 e. The zero-order chi connectivity index (χ0) is 6.41. The molecule has 8 heavy (non-hydrogen) atoms. The molecule has 2 N–H and O–H groups in total. The lowest BCUT2D eigenvalue weighted by atomic mass is 10.2. The number of aliphatic hydroxyl groups is 2. The van der Waals surface area contributed by atoms with Crippen LogP contribution in [0.25, 0.3) is 0 Å². The van der Waals surface area contributed by atoms with Crippen molar-refractivity contribution in [2.24, 2.45) is 0 Å². The Morgan fingerprint density at radius 3 is 2.50 bits per heavy atom. The summed E-state index contributed by atoms with van der Waals surface area (Å²) in [6.45, 7) is 0.171. The van der Waals surface area contributed by atoms with Crippen LogP contribution in [-0.4, -0.2) is 28.3 Å². The lowest BCUT2D eigenvalue weighted by Gasteiger charge is -2.02. The molecule has 0 saturated carbocycles. The Bertz CT molecular complexity index is 49.7. The molecule has 0 bridgehead atoms. The third kappa shape index (κ3) is 4.56. The number of hydrogen-bond donors (Lipinski definition) is 2. The van der Waals surface area contributed by atoms with Gasteiger partial charge in [0.15, 0.2) is 0 Å². The summed E-state index contributed by atoms with van der Waals surface area (Å²) in [5.74, 6) is 0. The maximum atomic E-state index is 8.83. The number of hydrogen-bond acceptors (Lipinski definition) is 2. The van der Waals surface area contributed by atoms with Crippen LogP contribution in [0.15, 0.2) is 0 Å². The Hall–Kier alpha value is 0.400. The van der Waals surface area contributed by atoms with Gasteiger partial charge in [0.2, 0.25) is 0 Å². The lowest BCUT2D eigenvalue weighted by Crippen LogP contribution is -2.07. The van der Waals surface area contributed by atoms with Crippen LogP contribution in [0.2, 0.25) is 0 Å². The molecule has 0 saturated heterocycles. The molecule has 0 aromatic carbocycles. The standard InChI is InChI=1S/C5H11BrO2/c6-4-5(8)2-1-3-7/h5,7-8H,1-4H2. The second-order valence-electron chi connectivity index (χ2n) is 1.67. The highest BCUT2D eigenvalue weighted by molar-refractivity contribution is 9.09. The van der Waals surface area contributed by atoms with E-state index in [1.54, 1.807) is 0 Å². The van der Waals surface area contributed by atoms with Gasteiger partial charge in [-0.25, -0.2) is 0 Å². The Kier molecular flexibility index (Phi) is 5.81. The topological polar surface area (TPSA) is 40.5 Å². The zero-order valence-corrected chi connectivity index (χ0v) is 6.26. The third-order valence-corrected chi connectivity index (χ3v) is 1.62. The highest BCUT2D eigenvalue weighted by atomic mass is 79.9. The Balaban J connectivity index is 2.86. The van der Waals surface area contributed by atoms with Crippen LogP contribution >= 0.6 is 15.9 Å². The molecule has 2 nitrogen and oxygen atoms in total. The van der Waals surface area contributed by atoms with Crippen LogP contribution in [-0.2, 0) is 0 Å². The molecule has 0 heterocycles. The number of halogens is 1. The number of rotatable bonds is 4. The highest BCUT2D eigenvalue weighted by Crippen LogP contribution is 1.98. The van der Waals surface area contributed by atoms with E-state index in [2.05, 4.69) is 15.9 Å². The molecule has 1 atom stereocenters. The quantitative estimate of drug-likeness (QED) is 0.623. The van der Waals surface area contributed by atoms with Gasteiger partial charge in [-0.3, -0.25) is 0 Å². The number of alkyl halides is 1. The first-order chi connectivity index (χ1) is 3.81. The Morgan fingerprint density at radius 1 is 1.50 bits per heavy atom. The first kappa shape index (κ1) is 8.40. The van der Waals surface area contributed by atoms with Crippen molar-refractivity contribution < 1.29 is 10.2 Å². The van der Waals surface area contributed by atoms with Gasteiger partial charge in [-0.05, 0) is 12.8 Å². The van der Waals surface area contributed by atoms with Gasteiger partial charge < -0.3 is 10.2 Å². The molecule has 0 aliphatic rings. The van der Waals surface area contributed by atoms with Crippen LogP contribution in [0.4, 0.5) is 0 Å². The second kappa shape index (κ2) is 5.54. The first-order valence-electron chi connectivity index (χ1n) is 2.66. The van der Waals surface area contributed by atoms with Gasteiger partial charge in [-0.1, -0.05) is 15.9 Å². The minimum atomic E-state index is -0.290. The molecule has 0 rings (SSSR count). The Labute approximate surface area is 57.7 Å². The average molecular weight is 183 g/mol. The molecule has 0 aromatic heterocycles. The van der Waals surface area contributed by atoms with Crippen molar-refractivity contribution in [1.29, 1.82) is 0 Å². The summed E-state index contributed by atoms with van der Waals surface area (Å²) >= 11 is 3.11. The highest BCUT2D eigenvalue weighted by Gasteiger charge is 1.98. The minimum absolute atomic E-state index is 0.171. The van der Waals surface area contributed by atoms with Crippen molar-refractivity contribution in [3.63, 3.8) is 0 Å². The van der Waals surface area contributed by atoms with E-state index < -0.39 is 0 Å². The van der Waals surface area contributed by atoms with E-state index in [0.29, 0.717) is 18.2 Å². The van der Waals surface area contributed by atoms with E-state index in [0.717, 1.165) is 0 Å². The van der Waals surface area contributed by atoms with Gasteiger partial charge in [-0.15, -0.1) is 0 Å². The maximum absolute atomic E-state index is 8.83. The largest absolute Gasteiger partial charge is 0.396 e. The van der Waals surface area contributed by atoms with Gasteiger partial charge in [0.25, 0.3) is 0 Å². The molecule has 0 amide bonds. The van der Waals surface area contributed by atoms with E-state index in [1.807, 2.05) is 0 Å². The summed E-state index contributed by atoms with van der Waals surface area (Å²) in [5.41, 5.74) is 0. The van der Waals surface area contributed by atoms with Gasteiger partial charge in [0.05, 0.1) is 6.10 Å². The molecular weight excluding hydrogens is 172 g/mol. The lowest BCUT2D eigenvalue weighted by molar-refractivity contribution is 0.172. The van der Waals surface area contributed by atoms with E-state index in [9.17, 15) is 0 Å². The van der Waals surface area contributed by atoms with Gasteiger partial charge >= 0.3 is 0 Å². The van der Waals surface area contributed by atoms with Crippen LogP contribution < -0.4 is 0 Å². The summed E-state index contributed by atoms with van der Waals surface area (Å²) in [5, 5.41) is 17.7. The molecular formula is C5H11BrO2. The molecule has 1 unspecified atom stereocenters. The normalized spacial score (nSPS) is 13.9. The zero-order valence-electron chi connectivity index (χ0n) is 4.68. The number of aliphatic hydroxyl groups excluding tert-OH is 2. The molecule has 0 aromatic rings. The molecule has 0 aliphatic heterocycles. The van der Waals surface area contributed by atoms with Crippen molar-refractivity contribution in [2.75, 3.05) is 11.9 Å². The predicted octanol–water partition coefficient (Wildman–Crippen LogP) is 0.515. The van der Waals surface area contributed by atoms with Crippen LogP contribution in [0.3, 0.4) is 0 Å². The van der Waals surface area contributed by atoms with Gasteiger partial charge in [0, 0.05) is 11.9 Å². The van der Waals surface area contributed by atoms with Crippen LogP contribution in [0.1, 0.15) is 12.8 Å². The smallest absolute Gasteiger partial charge is 0.0637 e. The summed E-state index contributed by atoms with van der Waals surface area (Å²) in [7, 11) is 0. The fraction of sp³-hybridized carbons (Fsp3) is 1.00. The van der Waals surface area contributed by atoms with Crippen LogP contribution in [0.5, 0.6) is 0 Å². The molecule has 0 aliphatic carbocycles. The van der Waals surface area contributed by atoms with E-state index >= 15 is 0 Å². The minimum Gasteiger partial charge on any atom is -0.396 e. The van der Waals surface area contributed by atoms with Gasteiger partial charge in [0.1, 0.15) is 0 Å². The SMILES string of the molecule is OCCCC(O)CBr. The summed E-state index contributed by atoms with van der Waals surface area (Å²) < 4.78 is 0. The van der Waals surface area contributed by atoms with E-state index in [4.69, 9.17) is 10.2 Å². The Morgan fingerprint density at radius 2 is 2.12 bits per heavy atom. The van der Waals surface area contributed by atoms with Crippen molar-refractivity contribution >= 4 is 15.9 Å². The van der Waals surface area contributed by atoms with Crippen molar-refractivity contribution in [2.45, 2.75) is 18.9 Å². The third-order valence-electron chi connectivity index (χ3n) is 0.874. The fourth-order valence-corrected chi connectivity index (χ4v) is 0.728. The van der Waals surface area contributed by atoms with Gasteiger partial charge in [-0.2, -0.15) is 0 Å². The fourth-order valence-electron chi connectivity index (χ4n) is 0.404. The van der Waals surface area contributed by atoms with Crippen LogP contribution in [0, 0.1) is 0 Å². The predicted molar refractivity (Wildman–Crippen MR) is 36.1 cm³/mol.